The quantitative estimate of drug-likeness (QED) is 0.0171. The maximum Gasteiger partial charge on any atom is 0.220 e. The summed E-state index contributed by atoms with van der Waals surface area (Å²) in [7, 11) is 0. The first-order chi connectivity index (χ1) is 45.1. The van der Waals surface area contributed by atoms with Gasteiger partial charge in [-0.1, -0.05) is 49.2 Å². The van der Waals surface area contributed by atoms with E-state index in [2.05, 4.69) is 30.6 Å². The third-order valence-electron chi connectivity index (χ3n) is 13.4. The Balaban J connectivity index is 1.53. The van der Waals surface area contributed by atoms with Gasteiger partial charge in [-0.25, -0.2) is 0 Å². The number of nitrogens with two attached hydrogens (primary N) is 11. The maximum atomic E-state index is 13.5. The molecule has 0 aliphatic carbocycles. The number of benzene rings is 4. The van der Waals surface area contributed by atoms with Crippen molar-refractivity contribution in [3.05, 3.63) is 71.8 Å². The molecule has 0 aliphatic rings. The molecule has 0 fully saturated rings. The summed E-state index contributed by atoms with van der Waals surface area (Å²) in [6, 6.07) is 18.0. The molecule has 0 spiro atoms. The number of rotatable bonds is 49. The Labute approximate surface area is 548 Å². The van der Waals surface area contributed by atoms with Crippen LogP contribution in [0.5, 0.6) is 46.0 Å². The van der Waals surface area contributed by atoms with Gasteiger partial charge in [0.2, 0.25) is 11.8 Å². The van der Waals surface area contributed by atoms with Crippen LogP contribution in [0.4, 0.5) is 0 Å². The zero-order valence-electron chi connectivity index (χ0n) is 53.8. The Hall–Kier alpha value is -10.6. The summed E-state index contributed by atoms with van der Waals surface area (Å²) < 4.78 is 50.9. The number of ether oxygens (including phenoxy) is 8. The number of guanidine groups is 3. The summed E-state index contributed by atoms with van der Waals surface area (Å²) in [5.74, 6) is 2.52. The summed E-state index contributed by atoms with van der Waals surface area (Å²) >= 11 is 0. The van der Waals surface area contributed by atoms with Crippen LogP contribution >= 0.6 is 0 Å². The number of hydrogen-bond acceptors (Lipinski definition) is 18. The van der Waals surface area contributed by atoms with Gasteiger partial charge in [-0.3, -0.25) is 51.2 Å². The van der Waals surface area contributed by atoms with Crippen LogP contribution in [0.2, 0.25) is 0 Å². The number of carbonyl (C=O) groups is 2. The highest BCUT2D eigenvalue weighted by molar-refractivity contribution is 5.85. The molecule has 31 nitrogen and oxygen atoms in total. The molecule has 514 valence electrons. The fraction of sp³-hybridized carbons (Fsp3) is 0.460. The number of nitrogens with zero attached hydrogens (tertiary/aromatic N) is 4. The third kappa shape index (κ3) is 29.1. The van der Waals surface area contributed by atoms with Crippen LogP contribution < -0.4 is 112 Å². The summed E-state index contributed by atoms with van der Waals surface area (Å²) in [4.78, 5) is 43.5. The Kier molecular flexibility index (Phi) is 34.2. The lowest BCUT2D eigenvalue weighted by atomic mass is 9.99. The van der Waals surface area contributed by atoms with E-state index in [1.165, 1.54) is 0 Å². The van der Waals surface area contributed by atoms with Crippen LogP contribution in [0, 0.1) is 21.6 Å². The Morgan fingerprint density at radius 2 is 0.660 bits per heavy atom. The number of nitrogens with one attached hydrogen (secondary N) is 6. The van der Waals surface area contributed by atoms with Crippen molar-refractivity contribution < 1.29 is 47.5 Å². The summed E-state index contributed by atoms with van der Waals surface area (Å²) in [6.45, 7) is 3.54. The largest absolute Gasteiger partial charge is 0.489 e. The molecular formula is C63H97N21O10. The number of para-hydroxylation sites is 2. The molecule has 0 saturated heterocycles. The number of amidine groups is 5. The van der Waals surface area contributed by atoms with E-state index in [1.807, 2.05) is 36.4 Å². The molecule has 4 rings (SSSR count). The van der Waals surface area contributed by atoms with Crippen LogP contribution in [-0.2, 0) is 22.7 Å². The summed E-state index contributed by atoms with van der Waals surface area (Å²) in [5, 5.41) is 37.1. The first-order valence-electron chi connectivity index (χ1n) is 31.0. The van der Waals surface area contributed by atoms with Gasteiger partial charge >= 0.3 is 0 Å². The minimum absolute atomic E-state index is 0.00386. The fourth-order valence-electron chi connectivity index (χ4n) is 9.08. The van der Waals surface area contributed by atoms with Gasteiger partial charge < -0.3 is 112 Å². The third-order valence-corrected chi connectivity index (χ3v) is 13.4. The van der Waals surface area contributed by atoms with Gasteiger partial charge in [0, 0.05) is 85.0 Å². The summed E-state index contributed by atoms with van der Waals surface area (Å²) in [5.41, 5.74) is 65.6. The van der Waals surface area contributed by atoms with E-state index in [0.717, 1.165) is 0 Å². The van der Waals surface area contributed by atoms with Crippen molar-refractivity contribution in [1.29, 1.82) is 21.6 Å². The highest BCUT2D eigenvalue weighted by atomic mass is 16.5. The van der Waals surface area contributed by atoms with Gasteiger partial charge in [0.05, 0.1) is 81.8 Å². The van der Waals surface area contributed by atoms with Crippen LogP contribution in [0.25, 0.3) is 22.3 Å². The van der Waals surface area contributed by atoms with E-state index in [9.17, 15) is 9.59 Å². The van der Waals surface area contributed by atoms with Gasteiger partial charge in [-0.2, -0.15) is 0 Å². The minimum Gasteiger partial charge on any atom is -0.489 e. The number of hydrogen-bond donors (Lipinski definition) is 17. The molecule has 0 saturated carbocycles. The monoisotopic (exact) mass is 1310 g/mol. The lowest BCUT2D eigenvalue weighted by Crippen LogP contribution is -2.24. The first-order valence-corrected chi connectivity index (χ1v) is 31.0. The predicted octanol–water partition coefficient (Wildman–Crippen LogP) is 3.39. The molecule has 0 aromatic heterocycles. The first kappa shape index (κ1) is 75.8. The van der Waals surface area contributed by atoms with Gasteiger partial charge in [-0.05, 0) is 69.7 Å². The maximum absolute atomic E-state index is 13.5. The van der Waals surface area contributed by atoms with Crippen LogP contribution in [0.1, 0.15) is 108 Å². The normalized spacial score (nSPS) is 10.9. The molecule has 0 bridgehead atoms. The van der Waals surface area contributed by atoms with E-state index >= 15 is 0 Å². The average molecular weight is 1310 g/mol. The van der Waals surface area contributed by atoms with Crippen LogP contribution in [0.15, 0.2) is 80.6 Å². The van der Waals surface area contributed by atoms with Crippen molar-refractivity contribution in [2.45, 2.75) is 110 Å². The van der Waals surface area contributed by atoms with Crippen molar-refractivity contribution in [1.82, 2.24) is 10.6 Å². The standard InChI is InChI=1S/C63H97N21O10/c1-40(64)79-26-36-93-59-45(43-12-6-14-47(87-34-27-80-61(73)74)57(43)91-32-10-18-51(69)70)24-22-41(55(59)89-30-8-16-49(65)66)38-83-53(85)20-4-2-3-5-21-54(86)84-39-42-23-25-46(60(94-37-29-82-63(77)78)56(42)90-31-9-17-50(67)68)44-13-7-15-48(88-35-28-81-62(75)76)58(44)92-33-11-19-52(71)72/h6-7,12-15,22-25H,2-5,8-11,16-21,26-39H2,1H3,(H2,64,79)(H3,65,66)(H3,67,68)(H3,69,70)(H3,71,72)(H,83,85)(H,84,86)(H4,73,74,80)(H4,75,76,81)(H4,77,78,82). The second kappa shape index (κ2) is 42.4. The average Bonchev–Trinajstić information content (AvgIpc) is 0.790. The lowest BCUT2D eigenvalue weighted by molar-refractivity contribution is -0.122. The fourth-order valence-corrected chi connectivity index (χ4v) is 9.08. The molecule has 28 N–H and O–H groups in total. The molecule has 0 unspecified atom stereocenters. The number of amides is 2. The van der Waals surface area contributed by atoms with E-state index in [4.69, 9.17) is 123 Å². The van der Waals surface area contributed by atoms with E-state index in [-0.39, 0.29) is 171 Å². The van der Waals surface area contributed by atoms with Crippen LogP contribution in [-0.4, -0.2) is 138 Å². The van der Waals surface area contributed by atoms with Gasteiger partial charge in [0.15, 0.2) is 63.9 Å². The highest BCUT2D eigenvalue weighted by Gasteiger charge is 2.26. The Morgan fingerprint density at radius 1 is 0.351 bits per heavy atom. The molecule has 0 radical (unpaired) electrons. The zero-order valence-corrected chi connectivity index (χ0v) is 53.8. The summed E-state index contributed by atoms with van der Waals surface area (Å²) in [6.07, 6.45) is 5.77. The Bertz CT molecular complexity index is 3020. The van der Waals surface area contributed by atoms with Gasteiger partial charge in [-0.15, -0.1) is 0 Å². The molecule has 4 aromatic carbocycles. The van der Waals surface area contributed by atoms with Crippen molar-refractivity contribution in [3.63, 3.8) is 0 Å². The number of unbranched alkanes of at least 4 members (excludes halogenated alkanes) is 3. The molecule has 4 aromatic rings. The number of aliphatic imine (C=N–C) groups is 4. The molecular weight excluding hydrogens is 1210 g/mol. The predicted molar refractivity (Wildman–Crippen MR) is 368 cm³/mol. The van der Waals surface area contributed by atoms with Crippen LogP contribution in [0.3, 0.4) is 0 Å². The van der Waals surface area contributed by atoms with Gasteiger partial charge in [0.25, 0.3) is 0 Å². The molecule has 2 amide bonds. The lowest BCUT2D eigenvalue weighted by Gasteiger charge is -2.22. The molecule has 0 heterocycles. The van der Waals surface area contributed by atoms with Crippen molar-refractivity contribution in [2.75, 3.05) is 79.0 Å². The second-order valence-electron chi connectivity index (χ2n) is 21.3. The van der Waals surface area contributed by atoms with E-state index in [0.29, 0.717) is 149 Å². The topological polar surface area (TPSA) is 563 Å². The van der Waals surface area contributed by atoms with Crippen molar-refractivity contribution in [3.8, 4) is 68.2 Å². The molecule has 94 heavy (non-hydrogen) atoms. The number of carbonyl (C=O) groups excluding carboxylic acids is 2. The van der Waals surface area contributed by atoms with Crippen molar-refractivity contribution in [2.24, 2.45) is 83.0 Å². The smallest absolute Gasteiger partial charge is 0.220 e. The van der Waals surface area contributed by atoms with E-state index < -0.39 is 0 Å². The minimum atomic E-state index is -0.212. The van der Waals surface area contributed by atoms with Gasteiger partial charge in [0.1, 0.15) is 26.4 Å². The Morgan fingerprint density at radius 3 is 0.989 bits per heavy atom. The highest BCUT2D eigenvalue weighted by Crippen LogP contribution is 2.49. The SMILES string of the molecule is CC(N)=NCCOc1c(-c2cccc(OCCN=C(N)N)c2OCCCC(=N)N)ccc(CNC(=O)CCCCCCC(=O)NCc2ccc(-c3cccc(OCCN=C(N)N)c3OCCCC(=N)N)c(OCCN=C(N)N)c2OCCCC(=N)N)c1OCCCC(=N)N. The van der Waals surface area contributed by atoms with E-state index in [1.54, 1.807) is 31.2 Å². The zero-order chi connectivity index (χ0) is 68.6. The molecule has 0 aliphatic heterocycles. The second-order valence-corrected chi connectivity index (χ2v) is 21.3. The molecule has 0 atom stereocenters. The molecule has 31 heteroatoms. The van der Waals surface area contributed by atoms with Crippen molar-refractivity contribution >= 4 is 58.9 Å².